The molecule has 0 saturated carbocycles. The Hall–Kier alpha value is -4.62. The van der Waals surface area contributed by atoms with Gasteiger partial charge in [0.15, 0.2) is 7.05 Å². The number of hydrogen-bond donors (Lipinski definition) is 4. The molecule has 12 nitrogen and oxygen atoms in total. The lowest BCUT2D eigenvalue weighted by atomic mass is 10.0. The number of pyridine rings is 1. The molecular weight excluding hydrogens is 460 g/mol. The normalized spacial score (nSPS) is 11.2. The monoisotopic (exact) mass is 479 g/mol. The van der Waals surface area contributed by atoms with Crippen LogP contribution in [-0.4, -0.2) is 27.3 Å². The van der Waals surface area contributed by atoms with Crippen molar-refractivity contribution >= 4 is 40.8 Å². The molecule has 2 amide bonds. The van der Waals surface area contributed by atoms with Crippen LogP contribution in [0.25, 0.3) is 11.3 Å². The largest absolute Gasteiger partial charge is 0.435 e. The molecule has 34 heavy (non-hydrogen) atoms. The van der Waals surface area contributed by atoms with Gasteiger partial charge in [0.1, 0.15) is 34.1 Å². The number of aromatic amines is 1. The molecule has 1 atom stereocenters. The summed E-state index contributed by atoms with van der Waals surface area (Å²) in [7, 11) is 1.47. The summed E-state index contributed by atoms with van der Waals surface area (Å²) >= 11 is 0.946. The number of aromatic nitrogens is 3. The van der Waals surface area contributed by atoms with Gasteiger partial charge in [0.05, 0.1) is 10.8 Å². The SMILES string of the molecule is CC(=O)Nc1ccc(NC(=O)C(C)Sc2nc(N)c(C#N)c(-c3c(=O)o[nH][n+]3C)c2C#N)cc1. The van der Waals surface area contributed by atoms with Gasteiger partial charge in [-0.2, -0.15) is 10.5 Å². The van der Waals surface area contributed by atoms with Crippen LogP contribution < -0.4 is 26.7 Å². The van der Waals surface area contributed by atoms with E-state index in [9.17, 15) is 24.9 Å². The summed E-state index contributed by atoms with van der Waals surface area (Å²) in [6.45, 7) is 3.00. The minimum atomic E-state index is -0.800. The van der Waals surface area contributed by atoms with Crippen molar-refractivity contribution in [2.45, 2.75) is 24.1 Å². The number of anilines is 3. The molecule has 13 heteroatoms. The second-order valence-corrected chi connectivity index (χ2v) is 8.38. The number of nitrogens with zero attached hydrogens (tertiary/aromatic N) is 4. The fourth-order valence-corrected chi connectivity index (χ4v) is 3.95. The van der Waals surface area contributed by atoms with Crippen molar-refractivity contribution in [1.82, 2.24) is 10.3 Å². The van der Waals surface area contributed by atoms with Gasteiger partial charge in [-0.15, -0.1) is 0 Å². The first kappa shape index (κ1) is 24.0. The fraction of sp³-hybridized carbons (Fsp3) is 0.190. The topological polar surface area (TPSA) is 195 Å². The van der Waals surface area contributed by atoms with Crippen molar-refractivity contribution in [2.75, 3.05) is 16.4 Å². The zero-order chi connectivity index (χ0) is 25.0. The van der Waals surface area contributed by atoms with Crippen LogP contribution in [-0.2, 0) is 16.6 Å². The third kappa shape index (κ3) is 4.90. The van der Waals surface area contributed by atoms with Crippen LogP contribution >= 0.6 is 11.8 Å². The Morgan fingerprint density at radius 1 is 1.18 bits per heavy atom. The molecule has 3 aromatic rings. The number of carbonyl (C=O) groups excluding carboxylic acids is 2. The molecule has 1 unspecified atom stereocenters. The van der Waals surface area contributed by atoms with E-state index in [0.717, 1.165) is 11.8 Å². The van der Waals surface area contributed by atoms with Gasteiger partial charge >= 0.3 is 11.3 Å². The highest BCUT2D eigenvalue weighted by molar-refractivity contribution is 8.00. The summed E-state index contributed by atoms with van der Waals surface area (Å²) in [4.78, 5) is 40.2. The van der Waals surface area contributed by atoms with Crippen LogP contribution in [0.15, 0.2) is 38.6 Å². The molecule has 0 spiro atoms. The summed E-state index contributed by atoms with van der Waals surface area (Å²) in [5.41, 5.74) is 5.88. The van der Waals surface area contributed by atoms with E-state index in [0.29, 0.717) is 11.4 Å². The van der Waals surface area contributed by atoms with Gasteiger partial charge in [0, 0.05) is 18.3 Å². The van der Waals surface area contributed by atoms with Crippen LogP contribution in [0.3, 0.4) is 0 Å². The second-order valence-electron chi connectivity index (χ2n) is 7.05. The summed E-state index contributed by atoms with van der Waals surface area (Å²) < 4.78 is 5.97. The number of nitrogens with two attached hydrogens (primary N) is 1. The quantitative estimate of drug-likeness (QED) is 0.297. The van der Waals surface area contributed by atoms with E-state index in [1.54, 1.807) is 31.2 Å². The fourth-order valence-electron chi connectivity index (χ4n) is 3.04. The molecule has 5 N–H and O–H groups in total. The molecular formula is C21H19N8O4S+. The molecule has 0 fully saturated rings. The van der Waals surface area contributed by atoms with E-state index in [2.05, 4.69) is 20.9 Å². The number of nitrogens with one attached hydrogen (secondary N) is 3. The highest BCUT2D eigenvalue weighted by atomic mass is 32.2. The molecule has 0 aliphatic carbocycles. The number of rotatable bonds is 6. The van der Waals surface area contributed by atoms with Crippen molar-refractivity contribution in [1.29, 1.82) is 10.5 Å². The molecule has 1 aromatic carbocycles. The smallest absolute Gasteiger partial charge is 0.383 e. The summed E-state index contributed by atoms with van der Waals surface area (Å²) in [6, 6.07) is 10.4. The lowest BCUT2D eigenvalue weighted by Crippen LogP contribution is -2.34. The van der Waals surface area contributed by atoms with Gasteiger partial charge in [-0.05, 0) is 36.5 Å². The summed E-state index contributed by atoms with van der Waals surface area (Å²) in [5, 5.41) is 26.4. The van der Waals surface area contributed by atoms with E-state index in [1.165, 1.54) is 18.7 Å². The first-order valence-electron chi connectivity index (χ1n) is 9.73. The third-order valence-electron chi connectivity index (χ3n) is 4.59. The van der Waals surface area contributed by atoms with Crippen LogP contribution in [0.4, 0.5) is 17.2 Å². The standard InChI is InChI=1S/C21H18N8O4S/c1-10(19(31)26-13-6-4-12(5-7-13)25-11(2)30)34-20-15(9-23)16(14(8-22)18(24)27-20)17-21(32)33-28-29(17)3/h4-7,10,22,28H,1-3H3,(H2,24,27,32)/p+1. The number of amides is 2. The van der Waals surface area contributed by atoms with E-state index < -0.39 is 10.9 Å². The molecule has 0 aliphatic rings. The predicted molar refractivity (Wildman–Crippen MR) is 122 cm³/mol. The number of nitrogen functional groups attached to an aromatic ring is 1. The molecule has 0 saturated heterocycles. The highest BCUT2D eigenvalue weighted by Crippen LogP contribution is 2.35. The number of nitriles is 2. The maximum atomic E-state index is 12.7. The van der Waals surface area contributed by atoms with Crippen LogP contribution in [0.2, 0.25) is 0 Å². The zero-order valence-corrected chi connectivity index (χ0v) is 19.1. The second kappa shape index (κ2) is 9.89. The molecule has 3 rings (SSSR count). The van der Waals surface area contributed by atoms with Crippen LogP contribution in [0.5, 0.6) is 0 Å². The first-order valence-corrected chi connectivity index (χ1v) is 10.6. The maximum Gasteiger partial charge on any atom is 0.435 e. The number of aryl methyl sites for hydroxylation is 1. The highest BCUT2D eigenvalue weighted by Gasteiger charge is 2.32. The summed E-state index contributed by atoms with van der Waals surface area (Å²) in [6.07, 6.45) is 0. The third-order valence-corrected chi connectivity index (χ3v) is 5.67. The molecule has 2 aromatic heterocycles. The molecule has 0 aliphatic heterocycles. The van der Waals surface area contributed by atoms with Crippen molar-refractivity contribution in [3.63, 3.8) is 0 Å². The van der Waals surface area contributed by atoms with E-state index in [1.807, 2.05) is 12.1 Å². The molecule has 0 radical (unpaired) electrons. The molecule has 172 valence electrons. The van der Waals surface area contributed by atoms with E-state index in [-0.39, 0.29) is 45.0 Å². The first-order chi connectivity index (χ1) is 16.2. The number of H-pyrrole nitrogens is 1. The van der Waals surface area contributed by atoms with Crippen molar-refractivity contribution in [2.24, 2.45) is 7.05 Å². The lowest BCUT2D eigenvalue weighted by molar-refractivity contribution is -0.730. The van der Waals surface area contributed by atoms with Gasteiger partial charge in [0.25, 0.3) is 0 Å². The van der Waals surface area contributed by atoms with Gasteiger partial charge in [-0.3, -0.25) is 14.1 Å². The zero-order valence-electron chi connectivity index (χ0n) is 18.3. The molecule has 0 bridgehead atoms. The number of thioether (sulfide) groups is 1. The Labute approximate surface area is 197 Å². The maximum absolute atomic E-state index is 12.7. The van der Waals surface area contributed by atoms with Gasteiger partial charge in [-0.1, -0.05) is 16.4 Å². The van der Waals surface area contributed by atoms with Gasteiger partial charge < -0.3 is 16.4 Å². The predicted octanol–water partition coefficient (Wildman–Crippen LogP) is 1.26. The number of benzene rings is 1. The summed E-state index contributed by atoms with van der Waals surface area (Å²) in [5.74, 6) is -0.797. The number of carbonyl (C=O) groups is 2. The van der Waals surface area contributed by atoms with Crippen LogP contribution in [0, 0.1) is 22.7 Å². The minimum Gasteiger partial charge on any atom is -0.383 e. The van der Waals surface area contributed by atoms with Gasteiger partial charge in [0.2, 0.25) is 11.8 Å². The minimum absolute atomic E-state index is 0.0290. The Morgan fingerprint density at radius 2 is 1.76 bits per heavy atom. The van der Waals surface area contributed by atoms with Crippen molar-refractivity contribution < 1.29 is 18.8 Å². The Balaban J connectivity index is 1.91. The number of hydrogen-bond acceptors (Lipinski definition) is 9. The lowest BCUT2D eigenvalue weighted by Gasteiger charge is -2.14. The Kier molecular flexibility index (Phi) is 6.99. The average Bonchev–Trinajstić information content (AvgIpc) is 3.11. The van der Waals surface area contributed by atoms with Gasteiger partial charge in [-0.25, -0.2) is 9.78 Å². The Morgan fingerprint density at radius 3 is 2.26 bits per heavy atom. The van der Waals surface area contributed by atoms with E-state index >= 15 is 0 Å². The van der Waals surface area contributed by atoms with Crippen LogP contribution in [0.1, 0.15) is 25.0 Å². The van der Waals surface area contributed by atoms with Crippen molar-refractivity contribution in [3.8, 4) is 23.4 Å². The van der Waals surface area contributed by atoms with E-state index in [4.69, 9.17) is 10.3 Å². The Bertz CT molecular complexity index is 1410. The average molecular weight is 480 g/mol. The molecule has 2 heterocycles. The van der Waals surface area contributed by atoms with Crippen molar-refractivity contribution in [3.05, 3.63) is 45.8 Å².